The molecule has 0 bridgehead atoms. The molecule has 0 spiro atoms. The van der Waals surface area contributed by atoms with E-state index >= 15 is 0 Å². The second kappa shape index (κ2) is 9.08. The summed E-state index contributed by atoms with van der Waals surface area (Å²) in [5.74, 6) is 1.82. The zero-order chi connectivity index (χ0) is 22.0. The number of aromatic nitrogens is 4. The molecule has 9 nitrogen and oxygen atoms in total. The molecule has 0 aliphatic carbocycles. The molecule has 1 saturated heterocycles. The number of nitrogens with one attached hydrogen (secondary N) is 1. The Labute approximate surface area is 186 Å². The van der Waals surface area contributed by atoms with Crippen LogP contribution in [-0.4, -0.2) is 53.1 Å². The number of anilines is 1. The fourth-order valence-corrected chi connectivity index (χ4v) is 5.05. The molecule has 0 radical (unpaired) electrons. The highest BCUT2D eigenvalue weighted by molar-refractivity contribution is 8.09. The maximum Gasteiger partial charge on any atom is 0.246 e. The van der Waals surface area contributed by atoms with Crippen molar-refractivity contribution in [2.45, 2.75) is 25.7 Å². The Morgan fingerprint density at radius 1 is 1.29 bits per heavy atom. The van der Waals surface area contributed by atoms with Gasteiger partial charge in [-0.15, -0.1) is 0 Å². The Morgan fingerprint density at radius 2 is 2.06 bits per heavy atom. The van der Waals surface area contributed by atoms with Gasteiger partial charge in [-0.3, -0.25) is 4.57 Å². The van der Waals surface area contributed by atoms with E-state index in [0.29, 0.717) is 35.3 Å². The lowest BCUT2D eigenvalue weighted by molar-refractivity contribution is -0.0247. The van der Waals surface area contributed by atoms with E-state index < -0.39 is 6.49 Å². The van der Waals surface area contributed by atoms with Gasteiger partial charge in [0.15, 0.2) is 11.2 Å². The molecule has 4 rings (SSSR count). The van der Waals surface area contributed by atoms with Crippen molar-refractivity contribution >= 4 is 35.4 Å². The van der Waals surface area contributed by atoms with Crippen LogP contribution in [0.15, 0.2) is 36.7 Å². The molecular formula is C20H26N5O4PS. The van der Waals surface area contributed by atoms with Gasteiger partial charge in [0.2, 0.25) is 18.3 Å². The van der Waals surface area contributed by atoms with E-state index in [1.165, 1.54) is 0 Å². The van der Waals surface area contributed by atoms with Gasteiger partial charge < -0.3 is 23.8 Å². The van der Waals surface area contributed by atoms with Crippen LogP contribution in [0.3, 0.4) is 0 Å². The maximum absolute atomic E-state index is 6.31. The van der Waals surface area contributed by atoms with Gasteiger partial charge in [0.1, 0.15) is 12.0 Å². The highest BCUT2D eigenvalue weighted by Crippen LogP contribution is 2.46. The minimum absolute atomic E-state index is 0.105. The number of ether oxygens (including phenoxy) is 2. The van der Waals surface area contributed by atoms with Crippen LogP contribution in [0.5, 0.6) is 11.6 Å². The third-order valence-corrected chi connectivity index (χ3v) is 6.74. The molecule has 2 aromatic heterocycles. The van der Waals surface area contributed by atoms with Crippen molar-refractivity contribution in [1.29, 1.82) is 0 Å². The van der Waals surface area contributed by atoms with E-state index in [1.807, 2.05) is 41.6 Å². The Hall–Kier alpha value is -2.26. The molecule has 1 aliphatic heterocycles. The van der Waals surface area contributed by atoms with Gasteiger partial charge in [0.25, 0.3) is 0 Å². The summed E-state index contributed by atoms with van der Waals surface area (Å²) in [7, 11) is 3.32. The average Bonchev–Trinajstić information content (AvgIpc) is 3.34. The number of benzene rings is 1. The predicted octanol–water partition coefficient (Wildman–Crippen LogP) is 3.84. The van der Waals surface area contributed by atoms with Gasteiger partial charge >= 0.3 is 0 Å². The number of hydrogen-bond donors (Lipinski definition) is 1. The Kier molecular flexibility index (Phi) is 6.43. The lowest BCUT2D eigenvalue weighted by Gasteiger charge is -2.21. The van der Waals surface area contributed by atoms with Crippen LogP contribution < -0.4 is 14.6 Å². The first-order valence-electron chi connectivity index (χ1n) is 9.98. The van der Waals surface area contributed by atoms with Gasteiger partial charge in [0.05, 0.1) is 26.1 Å². The van der Waals surface area contributed by atoms with Crippen molar-refractivity contribution in [3.63, 3.8) is 0 Å². The molecule has 0 saturated carbocycles. The minimum atomic E-state index is -2.44. The van der Waals surface area contributed by atoms with E-state index in [4.69, 9.17) is 30.3 Å². The van der Waals surface area contributed by atoms with E-state index in [0.717, 1.165) is 6.42 Å². The Bertz CT molecular complexity index is 1100. The second-order valence-corrected chi connectivity index (χ2v) is 11.4. The molecule has 1 aromatic carbocycles. The van der Waals surface area contributed by atoms with Gasteiger partial charge in [-0.25, -0.2) is 4.98 Å². The first kappa shape index (κ1) is 22.0. The summed E-state index contributed by atoms with van der Waals surface area (Å²) in [6.45, 7) is 1.90. The first-order valence-corrected chi connectivity index (χ1v) is 13.1. The molecule has 4 atom stereocenters. The highest BCUT2D eigenvalue weighted by Gasteiger charge is 2.36. The number of para-hydroxylation sites is 1. The third kappa shape index (κ3) is 4.82. The van der Waals surface area contributed by atoms with E-state index in [-0.39, 0.29) is 18.2 Å². The van der Waals surface area contributed by atoms with Crippen LogP contribution in [0, 0.1) is 5.92 Å². The quantitative estimate of drug-likeness (QED) is 0.500. The van der Waals surface area contributed by atoms with Crippen molar-refractivity contribution in [3.8, 4) is 11.6 Å². The average molecular weight is 464 g/mol. The van der Waals surface area contributed by atoms with Crippen molar-refractivity contribution in [2.75, 3.05) is 32.7 Å². The summed E-state index contributed by atoms with van der Waals surface area (Å²) < 4.78 is 25.5. The molecule has 1 aliphatic rings. The summed E-state index contributed by atoms with van der Waals surface area (Å²) in [5, 5.41) is 2.95. The second-order valence-electron chi connectivity index (χ2n) is 7.46. The minimum Gasteiger partial charge on any atom is -0.479 e. The monoisotopic (exact) mass is 463 g/mol. The summed E-state index contributed by atoms with van der Waals surface area (Å²) >= 11 is 5.58. The molecule has 3 aromatic rings. The molecule has 0 amide bonds. The summed E-state index contributed by atoms with van der Waals surface area (Å²) in [5.41, 5.74) is 1.25. The molecule has 166 valence electrons. The SMILES string of the molecule is CNc1nc(OC)c2ncn([C@@H]3O[C@H](COP(C)(=S)Oc4ccccc4)C[C@@H]3C)c2n1. The molecule has 1 unspecified atom stereocenters. The standard InChI is InChI=1S/C20H26N5O4PS/c1-13-10-15(11-27-30(4,31)29-14-8-6-5-7-9-14)28-19(13)25-12-22-16-17(25)23-20(21-2)24-18(16)26-3/h5-9,12-13,15,19H,10-11H2,1-4H3,(H,21,23,24)/t13-,15-,19+,30?/m0/s1. The fraction of sp³-hybridized carbons (Fsp3) is 0.450. The zero-order valence-corrected chi connectivity index (χ0v) is 19.6. The summed E-state index contributed by atoms with van der Waals surface area (Å²) in [6.07, 6.45) is 2.21. The smallest absolute Gasteiger partial charge is 0.246 e. The number of imidazole rings is 1. The lowest BCUT2D eigenvalue weighted by atomic mass is 10.1. The molecule has 1 fully saturated rings. The highest BCUT2D eigenvalue weighted by atomic mass is 32.5. The van der Waals surface area contributed by atoms with Crippen molar-refractivity contribution in [1.82, 2.24) is 19.5 Å². The topological polar surface area (TPSA) is 92.6 Å². The summed E-state index contributed by atoms with van der Waals surface area (Å²) in [6, 6.07) is 9.49. The van der Waals surface area contributed by atoms with E-state index in [2.05, 4.69) is 27.2 Å². The number of rotatable bonds is 8. The Morgan fingerprint density at radius 3 is 2.77 bits per heavy atom. The Balaban J connectivity index is 1.46. The lowest BCUT2D eigenvalue weighted by Crippen LogP contribution is -2.17. The number of fused-ring (bicyclic) bond motifs is 1. The molecule has 31 heavy (non-hydrogen) atoms. The first-order chi connectivity index (χ1) is 14.9. The van der Waals surface area contributed by atoms with E-state index in [1.54, 1.807) is 20.5 Å². The molecular weight excluding hydrogens is 437 g/mol. The number of methoxy groups -OCH3 is 1. The fourth-order valence-electron chi connectivity index (χ4n) is 3.61. The van der Waals surface area contributed by atoms with E-state index in [9.17, 15) is 0 Å². The van der Waals surface area contributed by atoms with Gasteiger partial charge in [-0.1, -0.05) is 25.1 Å². The van der Waals surface area contributed by atoms with Crippen molar-refractivity contribution in [2.24, 2.45) is 5.92 Å². The number of nitrogens with zero attached hydrogens (tertiary/aromatic N) is 4. The summed E-state index contributed by atoms with van der Waals surface area (Å²) in [4.78, 5) is 13.3. The van der Waals surface area contributed by atoms with Crippen molar-refractivity contribution in [3.05, 3.63) is 36.7 Å². The van der Waals surface area contributed by atoms with Crippen LogP contribution in [0.1, 0.15) is 19.6 Å². The molecule has 1 N–H and O–H groups in total. The van der Waals surface area contributed by atoms with Crippen LogP contribution in [0.25, 0.3) is 11.2 Å². The predicted molar refractivity (Wildman–Crippen MR) is 122 cm³/mol. The molecule has 11 heteroatoms. The number of hydrogen-bond acceptors (Lipinski definition) is 9. The third-order valence-electron chi connectivity index (χ3n) is 5.04. The largest absolute Gasteiger partial charge is 0.479 e. The van der Waals surface area contributed by atoms with Crippen LogP contribution in [0.4, 0.5) is 5.95 Å². The van der Waals surface area contributed by atoms with Gasteiger partial charge in [-0.2, -0.15) is 9.97 Å². The normalized spacial score (nSPS) is 22.9. The van der Waals surface area contributed by atoms with Crippen molar-refractivity contribution < 1.29 is 18.5 Å². The molecule has 3 heterocycles. The van der Waals surface area contributed by atoms with Gasteiger partial charge in [-0.05, 0) is 30.4 Å². The van der Waals surface area contributed by atoms with Crippen LogP contribution in [0.2, 0.25) is 0 Å². The van der Waals surface area contributed by atoms with Crippen LogP contribution in [-0.2, 0) is 21.1 Å². The van der Waals surface area contributed by atoms with Crippen LogP contribution >= 0.6 is 6.49 Å². The van der Waals surface area contributed by atoms with Gasteiger partial charge in [0, 0.05) is 19.6 Å². The maximum atomic E-state index is 6.31. The zero-order valence-electron chi connectivity index (χ0n) is 17.9.